The molecule has 0 aliphatic carbocycles. The Morgan fingerprint density at radius 2 is 1.65 bits per heavy atom. The molecule has 0 saturated heterocycles. The predicted molar refractivity (Wildman–Crippen MR) is 128 cm³/mol. The highest BCUT2D eigenvalue weighted by atomic mass is 32.2. The molecule has 1 N–H and O–H groups in total. The molecule has 3 rings (SSSR count). The van der Waals surface area contributed by atoms with Crippen molar-refractivity contribution in [1.82, 2.24) is 4.90 Å². The van der Waals surface area contributed by atoms with Gasteiger partial charge in [0.15, 0.2) is 6.61 Å². The van der Waals surface area contributed by atoms with E-state index >= 15 is 0 Å². The van der Waals surface area contributed by atoms with Crippen molar-refractivity contribution in [2.24, 2.45) is 0 Å². The fraction of sp³-hybridized carbons (Fsp3) is 0.200. The summed E-state index contributed by atoms with van der Waals surface area (Å²) in [6.07, 6.45) is 0. The number of rotatable bonds is 9. The molecule has 0 aliphatic heterocycles. The smallest absolute Gasteiger partial charge is 0.338 e. The molecule has 1 unspecified atom stereocenters. The number of hydrogen-bond donors (Lipinski definition) is 1. The van der Waals surface area contributed by atoms with Crippen LogP contribution in [0.4, 0.5) is 5.69 Å². The van der Waals surface area contributed by atoms with E-state index in [2.05, 4.69) is 4.72 Å². The standard InChI is InChI=1S/C25H26N2O6S/c1-18(19-8-5-4-6-9-19)27(2)24(28)17-33-25(29)20-10-7-11-23(16-20)34(30,31)26-21-12-14-22(32-3)15-13-21/h4-16,18,26H,17H2,1-3H3. The average Bonchev–Trinajstić information content (AvgIpc) is 2.87. The van der Waals surface area contributed by atoms with Gasteiger partial charge in [-0.2, -0.15) is 0 Å². The van der Waals surface area contributed by atoms with E-state index < -0.39 is 22.6 Å². The third-order valence-electron chi connectivity index (χ3n) is 5.31. The largest absolute Gasteiger partial charge is 0.497 e. The van der Waals surface area contributed by atoms with Crippen molar-refractivity contribution in [2.75, 3.05) is 25.5 Å². The van der Waals surface area contributed by atoms with Crippen molar-refractivity contribution < 1.29 is 27.5 Å². The summed E-state index contributed by atoms with van der Waals surface area (Å²) in [7, 11) is -0.805. The van der Waals surface area contributed by atoms with Crippen LogP contribution < -0.4 is 9.46 Å². The van der Waals surface area contributed by atoms with Crippen LogP contribution in [0.25, 0.3) is 0 Å². The van der Waals surface area contributed by atoms with Crippen molar-refractivity contribution >= 4 is 27.6 Å². The third kappa shape index (κ3) is 6.14. The number of carbonyl (C=O) groups excluding carboxylic acids is 2. The summed E-state index contributed by atoms with van der Waals surface area (Å²) in [4.78, 5) is 26.4. The van der Waals surface area contributed by atoms with Crippen molar-refractivity contribution in [3.05, 3.63) is 90.0 Å². The van der Waals surface area contributed by atoms with Crippen molar-refractivity contribution in [1.29, 1.82) is 0 Å². The lowest BCUT2D eigenvalue weighted by atomic mass is 10.1. The summed E-state index contributed by atoms with van der Waals surface area (Å²) in [5.41, 5.74) is 1.31. The maximum atomic E-state index is 12.7. The van der Waals surface area contributed by atoms with Crippen LogP contribution in [0.1, 0.15) is 28.9 Å². The number of nitrogens with zero attached hydrogens (tertiary/aromatic N) is 1. The molecule has 3 aromatic rings. The van der Waals surface area contributed by atoms with Gasteiger partial charge >= 0.3 is 5.97 Å². The Balaban J connectivity index is 1.64. The minimum Gasteiger partial charge on any atom is -0.497 e. The molecule has 0 heterocycles. The van der Waals surface area contributed by atoms with E-state index in [-0.39, 0.29) is 22.4 Å². The zero-order valence-corrected chi connectivity index (χ0v) is 19.9. The molecule has 0 saturated carbocycles. The summed E-state index contributed by atoms with van der Waals surface area (Å²) in [6, 6.07) is 21.1. The SMILES string of the molecule is COc1ccc(NS(=O)(=O)c2cccc(C(=O)OCC(=O)N(C)C(C)c3ccccc3)c2)cc1. The Morgan fingerprint density at radius 3 is 2.29 bits per heavy atom. The van der Waals surface area contributed by atoms with Crippen LogP contribution in [-0.4, -0.2) is 46.0 Å². The van der Waals surface area contributed by atoms with Gasteiger partial charge in [0.05, 0.1) is 23.6 Å². The van der Waals surface area contributed by atoms with Gasteiger partial charge in [-0.25, -0.2) is 13.2 Å². The van der Waals surface area contributed by atoms with Gasteiger partial charge < -0.3 is 14.4 Å². The number of ether oxygens (including phenoxy) is 2. The molecule has 0 bridgehead atoms. The highest BCUT2D eigenvalue weighted by molar-refractivity contribution is 7.92. The second-order valence-corrected chi connectivity index (χ2v) is 9.21. The molecule has 3 aromatic carbocycles. The van der Waals surface area contributed by atoms with Crippen LogP contribution in [0.3, 0.4) is 0 Å². The normalized spacial score (nSPS) is 11.9. The number of benzene rings is 3. The highest BCUT2D eigenvalue weighted by Gasteiger charge is 2.21. The van der Waals surface area contributed by atoms with Crippen LogP contribution >= 0.6 is 0 Å². The maximum Gasteiger partial charge on any atom is 0.338 e. The lowest BCUT2D eigenvalue weighted by Crippen LogP contribution is -2.33. The Labute approximate surface area is 199 Å². The number of hydrogen-bond acceptors (Lipinski definition) is 6. The molecular weight excluding hydrogens is 456 g/mol. The van der Waals surface area contributed by atoms with Gasteiger partial charge in [-0.05, 0) is 55.0 Å². The van der Waals surface area contributed by atoms with Crippen molar-refractivity contribution in [3.8, 4) is 5.75 Å². The number of anilines is 1. The van der Waals surface area contributed by atoms with Gasteiger partial charge in [0, 0.05) is 12.7 Å². The van der Waals surface area contributed by atoms with Gasteiger partial charge in [-0.3, -0.25) is 9.52 Å². The van der Waals surface area contributed by atoms with E-state index in [4.69, 9.17) is 9.47 Å². The molecule has 0 fully saturated rings. The number of esters is 1. The molecule has 9 heteroatoms. The van der Waals surface area contributed by atoms with Gasteiger partial charge in [0.2, 0.25) is 0 Å². The molecule has 0 radical (unpaired) electrons. The number of sulfonamides is 1. The first-order chi connectivity index (χ1) is 16.2. The number of methoxy groups -OCH3 is 1. The Bertz CT molecular complexity index is 1240. The van der Waals surface area contributed by atoms with Gasteiger partial charge in [0.25, 0.3) is 15.9 Å². The minimum absolute atomic E-state index is 0.0177. The fourth-order valence-electron chi connectivity index (χ4n) is 3.15. The quantitative estimate of drug-likeness (QED) is 0.465. The second-order valence-electron chi connectivity index (χ2n) is 7.53. The topological polar surface area (TPSA) is 102 Å². The number of likely N-dealkylation sites (N-methyl/N-ethyl adjacent to an activating group) is 1. The number of carbonyl (C=O) groups is 2. The molecular formula is C25H26N2O6S. The van der Waals surface area contributed by atoms with E-state index in [0.29, 0.717) is 11.4 Å². The molecule has 0 spiro atoms. The summed E-state index contributed by atoms with van der Waals surface area (Å²) >= 11 is 0. The van der Waals surface area contributed by atoms with Crippen molar-refractivity contribution in [2.45, 2.75) is 17.9 Å². The Kier molecular flexibility index (Phi) is 7.91. The second kappa shape index (κ2) is 10.8. The fourth-order valence-corrected chi connectivity index (χ4v) is 4.25. The monoisotopic (exact) mass is 482 g/mol. The lowest BCUT2D eigenvalue weighted by molar-refractivity contribution is -0.135. The summed E-state index contributed by atoms with van der Waals surface area (Å²) in [5.74, 6) is -0.587. The lowest BCUT2D eigenvalue weighted by Gasteiger charge is -2.25. The van der Waals surface area contributed by atoms with Crippen LogP contribution in [0, 0.1) is 0 Å². The zero-order valence-electron chi connectivity index (χ0n) is 19.1. The maximum absolute atomic E-state index is 12.7. The zero-order chi connectivity index (χ0) is 24.7. The molecule has 8 nitrogen and oxygen atoms in total. The molecule has 178 valence electrons. The van der Waals surface area contributed by atoms with E-state index in [0.717, 1.165) is 5.56 Å². The highest BCUT2D eigenvalue weighted by Crippen LogP contribution is 2.21. The Morgan fingerprint density at radius 1 is 0.971 bits per heavy atom. The van der Waals surface area contributed by atoms with E-state index in [1.165, 1.54) is 36.3 Å². The predicted octanol–water partition coefficient (Wildman–Crippen LogP) is 3.87. The third-order valence-corrected chi connectivity index (χ3v) is 6.68. The molecule has 0 aliphatic rings. The van der Waals surface area contributed by atoms with E-state index in [9.17, 15) is 18.0 Å². The molecule has 1 amide bonds. The van der Waals surface area contributed by atoms with Crippen LogP contribution in [0.2, 0.25) is 0 Å². The van der Waals surface area contributed by atoms with Gasteiger partial charge in [-0.15, -0.1) is 0 Å². The molecule has 1 atom stereocenters. The first kappa shape index (κ1) is 24.8. The van der Waals surface area contributed by atoms with Crippen LogP contribution in [0.15, 0.2) is 83.8 Å². The number of nitrogens with one attached hydrogen (secondary N) is 1. The summed E-state index contributed by atoms with van der Waals surface area (Å²) < 4.78 is 38.1. The van der Waals surface area contributed by atoms with Crippen LogP contribution in [-0.2, 0) is 19.6 Å². The van der Waals surface area contributed by atoms with E-state index in [1.807, 2.05) is 37.3 Å². The number of amides is 1. The molecule has 34 heavy (non-hydrogen) atoms. The van der Waals surface area contributed by atoms with Crippen LogP contribution in [0.5, 0.6) is 5.75 Å². The first-order valence-corrected chi connectivity index (χ1v) is 11.9. The van der Waals surface area contributed by atoms with Gasteiger partial charge in [0.1, 0.15) is 5.75 Å². The summed E-state index contributed by atoms with van der Waals surface area (Å²) in [6.45, 7) is 1.41. The summed E-state index contributed by atoms with van der Waals surface area (Å²) in [5, 5.41) is 0. The first-order valence-electron chi connectivity index (χ1n) is 10.5. The van der Waals surface area contributed by atoms with Gasteiger partial charge in [-0.1, -0.05) is 36.4 Å². The van der Waals surface area contributed by atoms with E-state index in [1.54, 1.807) is 31.3 Å². The van der Waals surface area contributed by atoms with Crippen molar-refractivity contribution in [3.63, 3.8) is 0 Å². The average molecular weight is 483 g/mol. The molecule has 0 aromatic heterocycles. The Hall–Kier alpha value is -3.85. The minimum atomic E-state index is -3.95.